The third-order valence-electron chi connectivity index (χ3n) is 5.39. The van der Waals surface area contributed by atoms with Crippen molar-refractivity contribution < 1.29 is 9.18 Å². The lowest BCUT2D eigenvalue weighted by molar-refractivity contribution is 0.102. The molecule has 0 aliphatic rings. The molecule has 0 bridgehead atoms. The molecule has 4 rings (SSSR count). The fourth-order valence-corrected chi connectivity index (χ4v) is 4.20. The SMILES string of the molecule is Cc1cc(C)c2nc(-c3ccc(F)cc3)cc(C(=O)Nc3cc(C)c(Br)cc3C)c2c1. The number of fused-ring (bicyclic) bond motifs is 1. The standard InChI is InChI=1S/C26H22BrFN2O/c1-14-9-17(4)25-20(10-14)21(13-24(29-25)18-5-7-19(28)8-6-18)26(31)30-23-12-15(2)22(27)11-16(23)3/h5-13H,1-4H3,(H,30,31). The number of nitrogens with zero attached hydrogens (tertiary/aromatic N) is 1. The number of pyridine rings is 1. The first-order valence-electron chi connectivity index (χ1n) is 9.99. The van der Waals surface area contributed by atoms with Gasteiger partial charge in [-0.05, 0) is 92.9 Å². The number of amides is 1. The van der Waals surface area contributed by atoms with Gasteiger partial charge in [-0.3, -0.25) is 4.79 Å². The van der Waals surface area contributed by atoms with Crippen LogP contribution in [0.3, 0.4) is 0 Å². The zero-order valence-corrected chi connectivity index (χ0v) is 19.4. The topological polar surface area (TPSA) is 42.0 Å². The maximum absolute atomic E-state index is 13.4. The summed E-state index contributed by atoms with van der Waals surface area (Å²) in [6, 6.07) is 15.9. The monoisotopic (exact) mass is 476 g/mol. The number of halogens is 2. The zero-order chi connectivity index (χ0) is 22.3. The summed E-state index contributed by atoms with van der Waals surface area (Å²) in [7, 11) is 0. The molecule has 0 radical (unpaired) electrons. The third-order valence-corrected chi connectivity index (χ3v) is 6.24. The molecular weight excluding hydrogens is 455 g/mol. The molecule has 0 unspecified atom stereocenters. The van der Waals surface area contributed by atoms with E-state index < -0.39 is 0 Å². The largest absolute Gasteiger partial charge is 0.322 e. The highest BCUT2D eigenvalue weighted by Gasteiger charge is 2.17. The Hall–Kier alpha value is -3.05. The van der Waals surface area contributed by atoms with Gasteiger partial charge in [-0.25, -0.2) is 9.37 Å². The van der Waals surface area contributed by atoms with Crippen molar-refractivity contribution in [3.63, 3.8) is 0 Å². The van der Waals surface area contributed by atoms with Crippen LogP contribution in [-0.4, -0.2) is 10.9 Å². The number of nitrogens with one attached hydrogen (secondary N) is 1. The van der Waals surface area contributed by atoms with Crippen molar-refractivity contribution in [2.24, 2.45) is 0 Å². The molecule has 1 aromatic heterocycles. The van der Waals surface area contributed by atoms with Crippen LogP contribution >= 0.6 is 15.9 Å². The maximum Gasteiger partial charge on any atom is 0.256 e. The molecule has 0 saturated heterocycles. The van der Waals surface area contributed by atoms with Crippen LogP contribution in [0.15, 0.2) is 59.1 Å². The predicted octanol–water partition coefficient (Wildman–Crippen LogP) is 7.29. The van der Waals surface area contributed by atoms with E-state index in [0.29, 0.717) is 11.3 Å². The van der Waals surface area contributed by atoms with Crippen molar-refractivity contribution in [1.29, 1.82) is 0 Å². The Morgan fingerprint density at radius 1 is 0.903 bits per heavy atom. The van der Waals surface area contributed by atoms with E-state index in [9.17, 15) is 9.18 Å². The van der Waals surface area contributed by atoms with Gasteiger partial charge in [0.1, 0.15) is 5.82 Å². The molecule has 0 fully saturated rings. The fourth-order valence-electron chi connectivity index (χ4n) is 3.74. The molecule has 3 aromatic carbocycles. The number of hydrogen-bond acceptors (Lipinski definition) is 2. The molecule has 0 aliphatic carbocycles. The summed E-state index contributed by atoms with van der Waals surface area (Å²) in [5.41, 5.74) is 7.52. The van der Waals surface area contributed by atoms with E-state index in [4.69, 9.17) is 4.98 Å². The number of anilines is 1. The predicted molar refractivity (Wildman–Crippen MR) is 128 cm³/mol. The quantitative estimate of drug-likeness (QED) is 0.337. The van der Waals surface area contributed by atoms with Crippen LogP contribution in [0.2, 0.25) is 0 Å². The van der Waals surface area contributed by atoms with Gasteiger partial charge in [-0.2, -0.15) is 0 Å². The minimum atomic E-state index is -0.310. The summed E-state index contributed by atoms with van der Waals surface area (Å²) >= 11 is 3.53. The molecule has 1 heterocycles. The van der Waals surface area contributed by atoms with Gasteiger partial charge in [0.25, 0.3) is 5.91 Å². The Morgan fingerprint density at radius 3 is 2.32 bits per heavy atom. The molecule has 0 aliphatic heterocycles. The van der Waals surface area contributed by atoms with Crippen LogP contribution in [0, 0.1) is 33.5 Å². The first kappa shape index (κ1) is 21.2. The second-order valence-electron chi connectivity index (χ2n) is 7.91. The van der Waals surface area contributed by atoms with E-state index in [1.807, 2.05) is 52.0 Å². The summed E-state index contributed by atoms with van der Waals surface area (Å²) in [5, 5.41) is 3.86. The van der Waals surface area contributed by atoms with E-state index in [1.165, 1.54) is 12.1 Å². The van der Waals surface area contributed by atoms with Crippen molar-refractivity contribution in [3.8, 4) is 11.3 Å². The molecule has 0 atom stereocenters. The molecular formula is C26H22BrFN2O. The fraction of sp³-hybridized carbons (Fsp3) is 0.154. The lowest BCUT2D eigenvalue weighted by atomic mass is 9.99. The van der Waals surface area contributed by atoms with Crippen LogP contribution in [0.5, 0.6) is 0 Å². The van der Waals surface area contributed by atoms with Crippen LogP contribution in [0.1, 0.15) is 32.6 Å². The summed E-state index contributed by atoms with van der Waals surface area (Å²) in [4.78, 5) is 18.2. The zero-order valence-electron chi connectivity index (χ0n) is 17.8. The van der Waals surface area contributed by atoms with E-state index in [-0.39, 0.29) is 11.7 Å². The van der Waals surface area contributed by atoms with Gasteiger partial charge >= 0.3 is 0 Å². The highest BCUT2D eigenvalue weighted by Crippen LogP contribution is 2.30. The molecule has 5 heteroatoms. The number of carbonyl (C=O) groups excluding carboxylic acids is 1. The Morgan fingerprint density at radius 2 is 1.61 bits per heavy atom. The van der Waals surface area contributed by atoms with Crippen LogP contribution in [-0.2, 0) is 0 Å². The maximum atomic E-state index is 13.4. The molecule has 1 amide bonds. The van der Waals surface area contributed by atoms with Crippen molar-refractivity contribution in [2.75, 3.05) is 5.32 Å². The van der Waals surface area contributed by atoms with Crippen molar-refractivity contribution in [3.05, 3.63) is 92.7 Å². The van der Waals surface area contributed by atoms with Crippen molar-refractivity contribution in [2.45, 2.75) is 27.7 Å². The Bertz CT molecular complexity index is 1330. The minimum Gasteiger partial charge on any atom is -0.322 e. The van der Waals surface area contributed by atoms with Crippen LogP contribution in [0.25, 0.3) is 22.2 Å². The van der Waals surface area contributed by atoms with E-state index >= 15 is 0 Å². The van der Waals surface area contributed by atoms with Gasteiger partial charge in [0.2, 0.25) is 0 Å². The Kier molecular flexibility index (Phi) is 5.63. The summed E-state index contributed by atoms with van der Waals surface area (Å²) in [5.74, 6) is -0.513. The van der Waals surface area contributed by atoms with Gasteiger partial charge < -0.3 is 5.32 Å². The molecule has 156 valence electrons. The number of aromatic nitrogens is 1. The van der Waals surface area contributed by atoms with E-state index in [2.05, 4.69) is 21.2 Å². The van der Waals surface area contributed by atoms with Gasteiger partial charge in [0.15, 0.2) is 0 Å². The molecule has 0 spiro atoms. The lowest BCUT2D eigenvalue weighted by Crippen LogP contribution is -2.14. The second kappa shape index (κ2) is 8.23. The summed E-state index contributed by atoms with van der Waals surface area (Å²) in [6.07, 6.45) is 0. The third kappa shape index (κ3) is 4.23. The molecule has 31 heavy (non-hydrogen) atoms. The minimum absolute atomic E-state index is 0.203. The summed E-state index contributed by atoms with van der Waals surface area (Å²) in [6.45, 7) is 7.94. The van der Waals surface area contributed by atoms with E-state index in [0.717, 1.165) is 48.9 Å². The van der Waals surface area contributed by atoms with Gasteiger partial charge in [-0.15, -0.1) is 0 Å². The number of rotatable bonds is 3. The normalized spacial score (nSPS) is 11.0. The number of aryl methyl sites for hydroxylation is 4. The summed E-state index contributed by atoms with van der Waals surface area (Å²) < 4.78 is 14.4. The molecule has 4 aromatic rings. The average molecular weight is 477 g/mol. The molecule has 3 nitrogen and oxygen atoms in total. The number of carbonyl (C=O) groups is 1. The molecule has 0 saturated carbocycles. The van der Waals surface area contributed by atoms with Gasteiger partial charge in [-0.1, -0.05) is 27.6 Å². The van der Waals surface area contributed by atoms with Gasteiger partial charge in [0.05, 0.1) is 16.8 Å². The lowest BCUT2D eigenvalue weighted by Gasteiger charge is -2.15. The van der Waals surface area contributed by atoms with Crippen LogP contribution in [0.4, 0.5) is 10.1 Å². The first-order chi connectivity index (χ1) is 14.7. The van der Waals surface area contributed by atoms with Crippen molar-refractivity contribution in [1.82, 2.24) is 4.98 Å². The number of hydrogen-bond donors (Lipinski definition) is 1. The highest BCUT2D eigenvalue weighted by molar-refractivity contribution is 9.10. The Labute approximate surface area is 189 Å². The smallest absolute Gasteiger partial charge is 0.256 e. The van der Waals surface area contributed by atoms with E-state index in [1.54, 1.807) is 18.2 Å². The molecule has 1 N–H and O–H groups in total. The average Bonchev–Trinajstić information content (AvgIpc) is 2.72. The Balaban J connectivity index is 1.88. The second-order valence-corrected chi connectivity index (χ2v) is 8.76. The van der Waals surface area contributed by atoms with Gasteiger partial charge in [0, 0.05) is 21.1 Å². The van der Waals surface area contributed by atoms with Crippen molar-refractivity contribution >= 4 is 38.4 Å². The number of benzene rings is 3. The highest BCUT2D eigenvalue weighted by atomic mass is 79.9. The van der Waals surface area contributed by atoms with Crippen LogP contribution < -0.4 is 5.32 Å². The first-order valence-corrected chi connectivity index (χ1v) is 10.8.